The molecule has 0 spiro atoms. The molecular formula is C24H16FNO3. The number of ketones is 1. The van der Waals surface area contributed by atoms with Crippen LogP contribution in [0.25, 0.3) is 17.0 Å². The Balaban J connectivity index is 1.52. The normalized spacial score (nSPS) is 11.1. The lowest BCUT2D eigenvalue weighted by Gasteiger charge is -2.09. The van der Waals surface area contributed by atoms with Crippen molar-refractivity contribution < 1.29 is 13.6 Å². The van der Waals surface area contributed by atoms with Gasteiger partial charge in [0, 0.05) is 22.7 Å². The first-order chi connectivity index (χ1) is 14.1. The van der Waals surface area contributed by atoms with E-state index in [1.807, 2.05) is 12.1 Å². The van der Waals surface area contributed by atoms with Gasteiger partial charge < -0.3 is 9.73 Å². The molecule has 29 heavy (non-hydrogen) atoms. The average Bonchev–Trinajstić information content (AvgIpc) is 2.73. The van der Waals surface area contributed by atoms with Crippen LogP contribution in [-0.2, 0) is 0 Å². The molecule has 1 aromatic heterocycles. The number of rotatable bonds is 5. The number of hydrogen-bond donors (Lipinski definition) is 1. The highest BCUT2D eigenvalue weighted by atomic mass is 19.1. The zero-order valence-electron chi connectivity index (χ0n) is 15.3. The minimum atomic E-state index is -0.441. The van der Waals surface area contributed by atoms with Crippen molar-refractivity contribution >= 4 is 34.2 Å². The lowest BCUT2D eigenvalue weighted by atomic mass is 10.1. The van der Waals surface area contributed by atoms with Crippen molar-refractivity contribution in [1.29, 1.82) is 0 Å². The summed E-state index contributed by atoms with van der Waals surface area (Å²) in [5, 5.41) is 3.98. The van der Waals surface area contributed by atoms with Gasteiger partial charge >= 0.3 is 5.63 Å². The number of carbonyl (C=O) groups excluding carboxylic acids is 1. The van der Waals surface area contributed by atoms with Gasteiger partial charge in [-0.15, -0.1) is 0 Å². The summed E-state index contributed by atoms with van der Waals surface area (Å²) in [6.07, 6.45) is 3.09. The Bertz CT molecular complexity index is 1260. The number of halogens is 1. The predicted molar refractivity (Wildman–Crippen MR) is 112 cm³/mol. The van der Waals surface area contributed by atoms with E-state index in [2.05, 4.69) is 5.32 Å². The van der Waals surface area contributed by atoms with Gasteiger partial charge in [-0.2, -0.15) is 0 Å². The van der Waals surface area contributed by atoms with Crippen molar-refractivity contribution in [3.05, 3.63) is 112 Å². The number of para-hydroxylation sites is 1. The summed E-state index contributed by atoms with van der Waals surface area (Å²) in [6, 6.07) is 21.5. The van der Waals surface area contributed by atoms with E-state index in [0.29, 0.717) is 16.8 Å². The summed E-state index contributed by atoms with van der Waals surface area (Å²) in [7, 11) is 0. The van der Waals surface area contributed by atoms with Crippen LogP contribution >= 0.6 is 0 Å². The van der Waals surface area contributed by atoms with Gasteiger partial charge in [0.2, 0.25) is 0 Å². The highest BCUT2D eigenvalue weighted by Gasteiger charge is 2.06. The number of benzene rings is 3. The lowest BCUT2D eigenvalue weighted by Crippen LogP contribution is -2.01. The maximum atomic E-state index is 12.9. The first-order valence-electron chi connectivity index (χ1n) is 8.96. The molecule has 0 saturated carbocycles. The highest BCUT2D eigenvalue weighted by Crippen LogP contribution is 2.25. The van der Waals surface area contributed by atoms with Crippen LogP contribution in [0.4, 0.5) is 15.8 Å². The van der Waals surface area contributed by atoms with E-state index in [-0.39, 0.29) is 11.6 Å². The van der Waals surface area contributed by atoms with Crippen LogP contribution in [0.15, 0.2) is 94.2 Å². The lowest BCUT2D eigenvalue weighted by molar-refractivity contribution is 0.104. The van der Waals surface area contributed by atoms with E-state index < -0.39 is 5.63 Å². The van der Waals surface area contributed by atoms with Crippen LogP contribution in [0.2, 0.25) is 0 Å². The van der Waals surface area contributed by atoms with Crippen molar-refractivity contribution in [3.8, 4) is 0 Å². The number of anilines is 2. The Labute approximate surface area is 165 Å². The van der Waals surface area contributed by atoms with Gasteiger partial charge in [-0.1, -0.05) is 30.3 Å². The van der Waals surface area contributed by atoms with Crippen molar-refractivity contribution in [1.82, 2.24) is 0 Å². The number of allylic oxidation sites excluding steroid dienone is 1. The first-order valence-corrected chi connectivity index (χ1v) is 8.96. The molecule has 5 heteroatoms. The van der Waals surface area contributed by atoms with Gasteiger partial charge in [0.1, 0.15) is 11.4 Å². The molecule has 1 N–H and O–H groups in total. The second-order valence-electron chi connectivity index (χ2n) is 6.43. The van der Waals surface area contributed by atoms with E-state index in [1.54, 1.807) is 54.6 Å². The third kappa shape index (κ3) is 4.30. The topological polar surface area (TPSA) is 59.3 Å². The third-order valence-electron chi connectivity index (χ3n) is 4.40. The SMILES string of the molecule is O=C(/C=C/c1ccc(F)cc1)c1ccc(Nc2cc(=O)oc3ccccc23)cc1. The molecule has 4 aromatic rings. The van der Waals surface area contributed by atoms with Gasteiger partial charge in [-0.3, -0.25) is 4.79 Å². The Kier molecular flexibility index (Phi) is 5.03. The summed E-state index contributed by atoms with van der Waals surface area (Å²) in [6.45, 7) is 0. The molecule has 0 aliphatic carbocycles. The largest absolute Gasteiger partial charge is 0.423 e. The molecule has 4 nitrogen and oxygen atoms in total. The number of hydrogen-bond acceptors (Lipinski definition) is 4. The number of carbonyl (C=O) groups is 1. The van der Waals surface area contributed by atoms with Gasteiger partial charge in [0.25, 0.3) is 0 Å². The second-order valence-corrected chi connectivity index (χ2v) is 6.43. The molecule has 0 aliphatic heterocycles. The quantitative estimate of drug-likeness (QED) is 0.277. The Morgan fingerprint density at radius 1 is 0.931 bits per heavy atom. The average molecular weight is 385 g/mol. The van der Waals surface area contributed by atoms with E-state index in [9.17, 15) is 14.0 Å². The molecule has 0 radical (unpaired) electrons. The first kappa shape index (κ1) is 18.4. The fourth-order valence-corrected chi connectivity index (χ4v) is 2.93. The zero-order chi connectivity index (χ0) is 20.2. The maximum absolute atomic E-state index is 12.9. The van der Waals surface area contributed by atoms with Crippen LogP contribution in [0.1, 0.15) is 15.9 Å². The fraction of sp³-hybridized carbons (Fsp3) is 0. The zero-order valence-corrected chi connectivity index (χ0v) is 15.3. The molecule has 142 valence electrons. The molecule has 4 rings (SSSR count). The standard InChI is InChI=1S/C24H16FNO3/c25-18-10-5-16(6-11-18)7-14-22(27)17-8-12-19(13-9-17)26-21-15-24(28)29-23-4-2-1-3-20(21)23/h1-15,26H/b14-7+. The van der Waals surface area contributed by atoms with Crippen molar-refractivity contribution in [2.24, 2.45) is 0 Å². The summed E-state index contributed by atoms with van der Waals surface area (Å²) in [5.74, 6) is -0.479. The Morgan fingerprint density at radius 2 is 1.66 bits per heavy atom. The van der Waals surface area contributed by atoms with Crippen LogP contribution in [0.5, 0.6) is 0 Å². The van der Waals surface area contributed by atoms with Crippen molar-refractivity contribution in [2.45, 2.75) is 0 Å². The van der Waals surface area contributed by atoms with E-state index in [1.165, 1.54) is 24.3 Å². The van der Waals surface area contributed by atoms with Gasteiger partial charge in [0.15, 0.2) is 5.78 Å². The molecule has 0 unspecified atom stereocenters. The molecule has 1 heterocycles. The van der Waals surface area contributed by atoms with E-state index in [4.69, 9.17) is 4.42 Å². The summed E-state index contributed by atoms with van der Waals surface area (Å²) in [4.78, 5) is 24.1. The van der Waals surface area contributed by atoms with Crippen molar-refractivity contribution in [2.75, 3.05) is 5.32 Å². The van der Waals surface area contributed by atoms with Gasteiger partial charge in [-0.25, -0.2) is 9.18 Å². The Hall–Kier alpha value is -3.99. The predicted octanol–water partition coefficient (Wildman–Crippen LogP) is 5.57. The van der Waals surface area contributed by atoms with Gasteiger partial charge in [-0.05, 0) is 60.2 Å². The molecular weight excluding hydrogens is 369 g/mol. The molecule has 0 fully saturated rings. The summed E-state index contributed by atoms with van der Waals surface area (Å²) >= 11 is 0. The van der Waals surface area contributed by atoms with Crippen LogP contribution in [0, 0.1) is 5.82 Å². The summed E-state index contributed by atoms with van der Waals surface area (Å²) in [5.41, 5.74) is 2.69. The molecule has 0 aliphatic rings. The van der Waals surface area contributed by atoms with Crippen LogP contribution in [0.3, 0.4) is 0 Å². The Morgan fingerprint density at radius 3 is 2.41 bits per heavy atom. The fourth-order valence-electron chi connectivity index (χ4n) is 2.93. The third-order valence-corrected chi connectivity index (χ3v) is 4.40. The van der Waals surface area contributed by atoms with Crippen LogP contribution in [-0.4, -0.2) is 5.78 Å². The molecule has 0 bridgehead atoms. The van der Waals surface area contributed by atoms with Gasteiger partial charge in [0.05, 0.1) is 5.69 Å². The molecule has 0 amide bonds. The minimum Gasteiger partial charge on any atom is -0.423 e. The second kappa shape index (κ2) is 7.94. The molecule has 0 atom stereocenters. The smallest absolute Gasteiger partial charge is 0.338 e. The maximum Gasteiger partial charge on any atom is 0.338 e. The number of fused-ring (bicyclic) bond motifs is 1. The number of nitrogens with one attached hydrogen (secondary N) is 1. The van der Waals surface area contributed by atoms with E-state index in [0.717, 1.165) is 16.6 Å². The molecule has 3 aromatic carbocycles. The highest BCUT2D eigenvalue weighted by molar-refractivity contribution is 6.07. The van der Waals surface area contributed by atoms with Crippen molar-refractivity contribution in [3.63, 3.8) is 0 Å². The molecule has 0 saturated heterocycles. The minimum absolute atomic E-state index is 0.160. The summed E-state index contributed by atoms with van der Waals surface area (Å²) < 4.78 is 18.1. The monoisotopic (exact) mass is 385 g/mol. The van der Waals surface area contributed by atoms with Crippen LogP contribution < -0.4 is 10.9 Å². The van der Waals surface area contributed by atoms with E-state index >= 15 is 0 Å².